The van der Waals surface area contributed by atoms with Gasteiger partial charge in [0.2, 0.25) is 6.79 Å². The van der Waals surface area contributed by atoms with E-state index in [1.165, 1.54) is 11.8 Å². The molecule has 0 N–H and O–H groups in total. The number of pyridine rings is 1. The fourth-order valence-electron chi connectivity index (χ4n) is 5.26. The number of carbonyl (C=O) groups excluding carboxylic acids is 1. The average Bonchev–Trinajstić information content (AvgIpc) is 3.46. The molecule has 0 radical (unpaired) electrons. The number of morpholine rings is 1. The molecule has 5 rings (SSSR count). The molecular weight excluding hydrogens is 536 g/mol. The summed E-state index contributed by atoms with van der Waals surface area (Å²) < 4.78 is 18.9. The Morgan fingerprint density at radius 3 is 2.59 bits per heavy atom. The molecule has 0 spiro atoms. The molecule has 2 unspecified atom stereocenters. The zero-order valence-corrected chi connectivity index (χ0v) is 24.0. The van der Waals surface area contributed by atoms with Crippen LogP contribution in [0.25, 0.3) is 6.08 Å². The lowest BCUT2D eigenvalue weighted by molar-refractivity contribution is -0.122. The van der Waals surface area contributed by atoms with Gasteiger partial charge in [0.05, 0.1) is 23.7 Å². The van der Waals surface area contributed by atoms with E-state index in [2.05, 4.69) is 11.0 Å². The highest BCUT2D eigenvalue weighted by molar-refractivity contribution is 8.26. The second kappa shape index (κ2) is 11.0. The largest absolute Gasteiger partial charge is 0.454 e. The molecule has 1 aromatic heterocycles. The number of hydrogen-bond donors (Lipinski definition) is 0. The molecule has 3 aliphatic heterocycles. The van der Waals surface area contributed by atoms with Crippen molar-refractivity contribution in [2.45, 2.75) is 59.4 Å². The number of hydrogen-bond acceptors (Lipinski definition) is 9. The highest BCUT2D eigenvalue weighted by Gasteiger charge is 2.34. The predicted octanol–water partition coefficient (Wildman–Crippen LogP) is 4.18. The van der Waals surface area contributed by atoms with Gasteiger partial charge in [0, 0.05) is 25.2 Å². The van der Waals surface area contributed by atoms with Crippen LogP contribution >= 0.6 is 24.0 Å². The Balaban J connectivity index is 1.57. The second-order valence-electron chi connectivity index (χ2n) is 9.92. The minimum atomic E-state index is -0.314. The molecule has 2 fully saturated rings. The van der Waals surface area contributed by atoms with Crippen molar-refractivity contribution >= 4 is 46.1 Å². The molecule has 39 heavy (non-hydrogen) atoms. The third-order valence-corrected chi connectivity index (χ3v) is 8.32. The van der Waals surface area contributed by atoms with Crippen molar-refractivity contribution in [3.8, 4) is 17.6 Å². The van der Waals surface area contributed by atoms with E-state index in [0.717, 1.165) is 5.56 Å². The van der Waals surface area contributed by atoms with Gasteiger partial charge >= 0.3 is 0 Å². The first kappa shape index (κ1) is 27.2. The van der Waals surface area contributed by atoms with E-state index in [1.807, 2.05) is 39.0 Å². The van der Waals surface area contributed by atoms with Gasteiger partial charge in [-0.3, -0.25) is 19.1 Å². The Labute approximate surface area is 236 Å². The van der Waals surface area contributed by atoms with Crippen LogP contribution in [0.4, 0.5) is 5.82 Å². The van der Waals surface area contributed by atoms with Crippen LogP contribution in [0.2, 0.25) is 0 Å². The molecule has 2 aromatic rings. The van der Waals surface area contributed by atoms with E-state index in [-0.39, 0.29) is 36.0 Å². The summed E-state index contributed by atoms with van der Waals surface area (Å²) >= 11 is 6.83. The summed E-state index contributed by atoms with van der Waals surface area (Å²) in [6.45, 7) is 9.87. The second-order valence-corrected chi connectivity index (χ2v) is 11.6. The van der Waals surface area contributed by atoms with Gasteiger partial charge in [0.15, 0.2) is 11.5 Å². The van der Waals surface area contributed by atoms with Gasteiger partial charge < -0.3 is 19.1 Å². The summed E-state index contributed by atoms with van der Waals surface area (Å²) in [5.74, 6) is 1.81. The number of nitriles is 1. The number of aromatic nitrogens is 1. The number of anilines is 1. The van der Waals surface area contributed by atoms with E-state index in [1.54, 1.807) is 22.5 Å². The first-order valence-electron chi connectivity index (χ1n) is 12.9. The number of rotatable bonds is 6. The van der Waals surface area contributed by atoms with E-state index in [4.69, 9.17) is 26.4 Å². The minimum absolute atomic E-state index is 0.0392. The van der Waals surface area contributed by atoms with E-state index in [9.17, 15) is 14.9 Å². The summed E-state index contributed by atoms with van der Waals surface area (Å²) in [5.41, 5.74) is 1.88. The highest BCUT2D eigenvalue weighted by Crippen LogP contribution is 2.38. The molecule has 4 heterocycles. The van der Waals surface area contributed by atoms with Gasteiger partial charge in [-0.15, -0.1) is 0 Å². The molecular formula is C28H30N4O5S2. The van der Waals surface area contributed by atoms with Crippen LogP contribution in [-0.2, 0) is 22.6 Å². The van der Waals surface area contributed by atoms with Crippen molar-refractivity contribution in [3.05, 3.63) is 55.7 Å². The number of ether oxygens (including phenoxy) is 3. The summed E-state index contributed by atoms with van der Waals surface area (Å²) in [6.07, 6.45) is 2.43. The van der Waals surface area contributed by atoms with Crippen LogP contribution < -0.4 is 19.9 Å². The van der Waals surface area contributed by atoms with E-state index < -0.39 is 0 Å². The third kappa shape index (κ3) is 5.16. The summed E-state index contributed by atoms with van der Waals surface area (Å²) in [4.78, 5) is 31.2. The molecule has 0 aliphatic carbocycles. The highest BCUT2D eigenvalue weighted by atomic mass is 32.2. The van der Waals surface area contributed by atoms with Gasteiger partial charge in [0.1, 0.15) is 21.8 Å². The van der Waals surface area contributed by atoms with Gasteiger partial charge in [-0.25, -0.2) is 0 Å². The zero-order chi connectivity index (χ0) is 27.8. The van der Waals surface area contributed by atoms with E-state index >= 15 is 0 Å². The van der Waals surface area contributed by atoms with Gasteiger partial charge in [-0.2, -0.15) is 5.26 Å². The minimum Gasteiger partial charge on any atom is -0.454 e. The zero-order valence-electron chi connectivity index (χ0n) is 22.4. The number of thioether (sulfide) groups is 1. The number of carbonyl (C=O) groups is 1. The van der Waals surface area contributed by atoms with Crippen molar-refractivity contribution < 1.29 is 19.0 Å². The van der Waals surface area contributed by atoms with Crippen LogP contribution in [0.15, 0.2) is 27.9 Å². The topological polar surface area (TPSA) is 97.0 Å². The Hall–Kier alpha value is -3.33. The number of thiocarbonyl (C=S) groups is 1. The quantitative estimate of drug-likeness (QED) is 0.377. The van der Waals surface area contributed by atoms with Crippen molar-refractivity contribution in [1.82, 2.24) is 9.47 Å². The average molecular weight is 567 g/mol. The Morgan fingerprint density at radius 2 is 1.90 bits per heavy atom. The third-order valence-electron chi connectivity index (χ3n) is 6.94. The molecule has 3 aliphatic rings. The van der Waals surface area contributed by atoms with Crippen LogP contribution in [0.5, 0.6) is 11.5 Å². The smallest absolute Gasteiger partial charge is 0.270 e. The number of benzene rings is 1. The molecule has 9 nitrogen and oxygen atoms in total. The molecule has 2 saturated heterocycles. The number of fused-ring (bicyclic) bond motifs is 1. The molecule has 0 saturated carbocycles. The predicted molar refractivity (Wildman–Crippen MR) is 154 cm³/mol. The fraction of sp³-hybridized carbons (Fsp3) is 0.429. The number of nitrogens with zero attached hydrogens (tertiary/aromatic N) is 4. The van der Waals surface area contributed by atoms with Crippen molar-refractivity contribution in [3.63, 3.8) is 0 Å². The summed E-state index contributed by atoms with van der Waals surface area (Å²) in [6, 6.07) is 7.67. The maximum Gasteiger partial charge on any atom is 0.270 e. The fourth-order valence-corrected chi connectivity index (χ4v) is 6.49. The summed E-state index contributed by atoms with van der Waals surface area (Å²) in [5, 5.41) is 9.89. The Morgan fingerprint density at radius 1 is 1.18 bits per heavy atom. The molecule has 2 atom stereocenters. The SMILES string of the molecule is CCCn1c(N2CC(C)OC(C)C2)c(C=C2SC(=S)N(Cc3ccc4c(c3)OCO4)C2=O)c(C)c(C#N)c1=O. The summed E-state index contributed by atoms with van der Waals surface area (Å²) in [7, 11) is 0. The van der Waals surface area contributed by atoms with Crippen LogP contribution in [0, 0.1) is 18.3 Å². The lowest BCUT2D eigenvalue weighted by Gasteiger charge is -2.39. The maximum absolute atomic E-state index is 13.6. The first-order valence-corrected chi connectivity index (χ1v) is 14.2. The van der Waals surface area contributed by atoms with Crippen LogP contribution in [-0.4, -0.2) is 51.8 Å². The molecule has 1 aromatic carbocycles. The standard InChI is InChI=1S/C28H30N4O5S2/c1-5-8-31-25(30-12-16(2)37-17(3)13-30)20(18(4)21(11-29)26(31)33)10-24-27(34)32(28(38)39-24)14-19-6-7-22-23(9-19)36-15-35-22/h6-7,9-10,16-17H,5,8,12-15H2,1-4H3. The lowest BCUT2D eigenvalue weighted by Crippen LogP contribution is -2.48. The lowest BCUT2D eigenvalue weighted by atomic mass is 10.0. The van der Waals surface area contributed by atoms with Crippen molar-refractivity contribution in [1.29, 1.82) is 5.26 Å². The molecule has 0 bridgehead atoms. The molecule has 11 heteroatoms. The van der Waals surface area contributed by atoms with Gasteiger partial charge in [0.25, 0.3) is 11.5 Å². The van der Waals surface area contributed by atoms with Crippen LogP contribution in [0.1, 0.15) is 49.4 Å². The normalized spacial score (nSPS) is 21.7. The van der Waals surface area contributed by atoms with Crippen molar-refractivity contribution in [2.75, 3.05) is 24.8 Å². The first-order chi connectivity index (χ1) is 18.7. The van der Waals surface area contributed by atoms with E-state index in [0.29, 0.717) is 70.3 Å². The maximum atomic E-state index is 13.6. The Bertz CT molecular complexity index is 1470. The monoisotopic (exact) mass is 566 g/mol. The van der Waals surface area contributed by atoms with Crippen LogP contribution in [0.3, 0.4) is 0 Å². The number of amides is 1. The van der Waals surface area contributed by atoms with Crippen molar-refractivity contribution in [2.24, 2.45) is 0 Å². The molecule has 204 valence electrons. The molecule has 1 amide bonds. The van der Waals surface area contributed by atoms with Gasteiger partial charge in [-0.1, -0.05) is 37.0 Å². The van der Waals surface area contributed by atoms with Gasteiger partial charge in [-0.05, 0) is 56.5 Å². The Kier molecular flexibility index (Phi) is 7.71.